The van der Waals surface area contributed by atoms with Gasteiger partial charge in [-0.2, -0.15) is 11.8 Å². The van der Waals surface area contributed by atoms with E-state index in [1.807, 2.05) is 13.2 Å². The Kier molecular flexibility index (Phi) is 4.93. The van der Waals surface area contributed by atoms with Crippen LogP contribution in [0, 0.1) is 0 Å². The van der Waals surface area contributed by atoms with Crippen LogP contribution in [-0.4, -0.2) is 37.5 Å². The van der Waals surface area contributed by atoms with Gasteiger partial charge in [0.2, 0.25) is 10.0 Å². The Morgan fingerprint density at radius 1 is 1.45 bits per heavy atom. The number of thioether (sulfide) groups is 1. The Hall–Kier alpha value is -0.790. The predicted molar refractivity (Wildman–Crippen MR) is 83.7 cm³/mol. The lowest BCUT2D eigenvalue weighted by atomic mass is 9.84. The van der Waals surface area contributed by atoms with Gasteiger partial charge in [0.05, 0.1) is 5.69 Å². The second-order valence-corrected chi connectivity index (χ2v) is 7.98. The van der Waals surface area contributed by atoms with Gasteiger partial charge >= 0.3 is 0 Å². The van der Waals surface area contributed by atoms with Crippen molar-refractivity contribution in [3.05, 3.63) is 18.5 Å². The molecule has 0 atom stereocenters. The highest BCUT2D eigenvalue weighted by Crippen LogP contribution is 2.42. The fraction of sp³-hybridized carbons (Fsp3) is 0.615. The molecule has 2 rings (SSSR count). The van der Waals surface area contributed by atoms with Gasteiger partial charge in [0, 0.05) is 30.2 Å². The SMILES string of the molecule is CCNc1ccncc1S(=O)(=O)NCC1(SC)CCC1. The molecular formula is C13H21N3O2S2. The van der Waals surface area contributed by atoms with E-state index in [1.165, 1.54) is 12.6 Å². The molecule has 0 bridgehead atoms. The predicted octanol–water partition coefficient (Wildman–Crippen LogP) is 2.08. The van der Waals surface area contributed by atoms with E-state index < -0.39 is 10.0 Å². The van der Waals surface area contributed by atoms with Crippen molar-refractivity contribution >= 4 is 27.5 Å². The molecule has 112 valence electrons. The monoisotopic (exact) mass is 315 g/mol. The Morgan fingerprint density at radius 2 is 2.20 bits per heavy atom. The van der Waals surface area contributed by atoms with Gasteiger partial charge in [0.1, 0.15) is 4.90 Å². The van der Waals surface area contributed by atoms with Gasteiger partial charge in [-0.3, -0.25) is 4.98 Å². The number of pyridine rings is 1. The second kappa shape index (κ2) is 6.32. The molecule has 7 heteroatoms. The van der Waals surface area contributed by atoms with E-state index in [1.54, 1.807) is 24.0 Å². The van der Waals surface area contributed by atoms with Crippen molar-refractivity contribution in [2.75, 3.05) is 24.7 Å². The quantitative estimate of drug-likeness (QED) is 0.806. The van der Waals surface area contributed by atoms with E-state index in [-0.39, 0.29) is 9.64 Å². The average molecular weight is 315 g/mol. The Morgan fingerprint density at radius 3 is 2.75 bits per heavy atom. The van der Waals surface area contributed by atoms with E-state index in [0.29, 0.717) is 18.8 Å². The maximum atomic E-state index is 12.4. The number of nitrogens with one attached hydrogen (secondary N) is 2. The summed E-state index contributed by atoms with van der Waals surface area (Å²) in [6.07, 6.45) is 8.35. The molecule has 0 saturated heterocycles. The summed E-state index contributed by atoms with van der Waals surface area (Å²) >= 11 is 1.75. The Labute approximate surface area is 125 Å². The van der Waals surface area contributed by atoms with E-state index in [2.05, 4.69) is 15.0 Å². The molecule has 2 N–H and O–H groups in total. The maximum absolute atomic E-state index is 12.4. The second-order valence-electron chi connectivity index (χ2n) is 4.97. The Balaban J connectivity index is 2.14. The van der Waals surface area contributed by atoms with Gasteiger partial charge in [-0.05, 0) is 32.1 Å². The number of hydrogen-bond donors (Lipinski definition) is 2. The third-order valence-corrected chi connectivity index (χ3v) is 6.57. The largest absolute Gasteiger partial charge is 0.384 e. The minimum absolute atomic E-state index is 0.0770. The molecule has 20 heavy (non-hydrogen) atoms. The van der Waals surface area contributed by atoms with Crippen LogP contribution in [0.3, 0.4) is 0 Å². The normalized spacial score (nSPS) is 17.5. The first-order valence-corrected chi connectivity index (χ1v) is 9.46. The zero-order valence-corrected chi connectivity index (χ0v) is 13.5. The Bertz CT molecular complexity index is 551. The van der Waals surface area contributed by atoms with Crippen molar-refractivity contribution in [3.8, 4) is 0 Å². The third-order valence-electron chi connectivity index (χ3n) is 3.72. The summed E-state index contributed by atoms with van der Waals surface area (Å²) in [5.41, 5.74) is 0.599. The molecule has 0 aliphatic heterocycles. The van der Waals surface area contributed by atoms with E-state index in [4.69, 9.17) is 0 Å². The molecule has 1 heterocycles. The van der Waals surface area contributed by atoms with Gasteiger partial charge in [-0.1, -0.05) is 6.42 Å². The lowest BCUT2D eigenvalue weighted by Crippen LogP contribution is -2.45. The number of aromatic nitrogens is 1. The van der Waals surface area contributed by atoms with Gasteiger partial charge in [0.15, 0.2) is 0 Å². The standard InChI is InChI=1S/C13H21N3O2S2/c1-3-15-11-5-8-14-9-12(11)20(17,18)16-10-13(19-2)6-4-7-13/h5,8-9,16H,3-4,6-7,10H2,1-2H3,(H,14,15). The van der Waals surface area contributed by atoms with Crippen LogP contribution in [0.15, 0.2) is 23.4 Å². The van der Waals surface area contributed by atoms with Crippen LogP contribution in [0.25, 0.3) is 0 Å². The van der Waals surface area contributed by atoms with Crippen molar-refractivity contribution in [2.45, 2.75) is 35.8 Å². The lowest BCUT2D eigenvalue weighted by molar-refractivity contribution is 0.362. The van der Waals surface area contributed by atoms with Gasteiger partial charge in [-0.15, -0.1) is 0 Å². The first-order chi connectivity index (χ1) is 9.53. The van der Waals surface area contributed by atoms with Crippen LogP contribution in [0.4, 0.5) is 5.69 Å². The summed E-state index contributed by atoms with van der Waals surface area (Å²) in [5.74, 6) is 0. The van der Waals surface area contributed by atoms with Crippen LogP contribution in [0.2, 0.25) is 0 Å². The molecule has 0 aromatic carbocycles. The fourth-order valence-corrected chi connectivity index (χ4v) is 4.52. The highest BCUT2D eigenvalue weighted by molar-refractivity contribution is 8.00. The highest BCUT2D eigenvalue weighted by Gasteiger charge is 2.37. The zero-order valence-electron chi connectivity index (χ0n) is 11.8. The zero-order chi connectivity index (χ0) is 14.6. The average Bonchev–Trinajstić information content (AvgIpc) is 2.39. The summed E-state index contributed by atoms with van der Waals surface area (Å²) in [4.78, 5) is 4.15. The smallest absolute Gasteiger partial charge is 0.244 e. The molecule has 1 aliphatic carbocycles. The fourth-order valence-electron chi connectivity index (χ4n) is 2.26. The van der Waals surface area contributed by atoms with Crippen LogP contribution in [0.1, 0.15) is 26.2 Å². The number of sulfonamides is 1. The molecular weight excluding hydrogens is 294 g/mol. The highest BCUT2D eigenvalue weighted by atomic mass is 32.2. The molecule has 1 aromatic rings. The number of rotatable bonds is 7. The molecule has 0 amide bonds. The first kappa shape index (κ1) is 15.6. The molecule has 0 spiro atoms. The summed E-state index contributed by atoms with van der Waals surface area (Å²) in [6, 6.07) is 1.69. The van der Waals surface area contributed by atoms with Crippen molar-refractivity contribution in [3.63, 3.8) is 0 Å². The lowest BCUT2D eigenvalue weighted by Gasteiger charge is -2.40. The molecule has 5 nitrogen and oxygen atoms in total. The minimum atomic E-state index is -3.52. The number of hydrogen-bond acceptors (Lipinski definition) is 5. The van der Waals surface area contributed by atoms with Crippen molar-refractivity contribution < 1.29 is 8.42 Å². The van der Waals surface area contributed by atoms with Crippen LogP contribution in [-0.2, 0) is 10.0 Å². The van der Waals surface area contributed by atoms with Crippen LogP contribution < -0.4 is 10.0 Å². The summed E-state index contributed by atoms with van der Waals surface area (Å²) in [6.45, 7) is 3.08. The summed E-state index contributed by atoms with van der Waals surface area (Å²) in [5, 5.41) is 3.06. The van der Waals surface area contributed by atoms with Crippen molar-refractivity contribution in [1.29, 1.82) is 0 Å². The van der Waals surface area contributed by atoms with Crippen molar-refractivity contribution in [1.82, 2.24) is 9.71 Å². The molecule has 1 fully saturated rings. The molecule has 1 aromatic heterocycles. The van der Waals surface area contributed by atoms with E-state index >= 15 is 0 Å². The molecule has 0 radical (unpaired) electrons. The van der Waals surface area contributed by atoms with Gasteiger partial charge in [-0.25, -0.2) is 13.1 Å². The number of anilines is 1. The third kappa shape index (κ3) is 3.27. The topological polar surface area (TPSA) is 71.1 Å². The minimum Gasteiger partial charge on any atom is -0.384 e. The van der Waals surface area contributed by atoms with Crippen molar-refractivity contribution in [2.24, 2.45) is 0 Å². The molecule has 1 aliphatic rings. The van der Waals surface area contributed by atoms with Crippen LogP contribution in [0.5, 0.6) is 0 Å². The maximum Gasteiger partial charge on any atom is 0.244 e. The van der Waals surface area contributed by atoms with Crippen LogP contribution >= 0.6 is 11.8 Å². The van der Waals surface area contributed by atoms with Gasteiger partial charge < -0.3 is 5.32 Å². The van der Waals surface area contributed by atoms with E-state index in [0.717, 1.165) is 12.8 Å². The van der Waals surface area contributed by atoms with E-state index in [9.17, 15) is 8.42 Å². The number of nitrogens with zero attached hydrogens (tertiary/aromatic N) is 1. The summed E-state index contributed by atoms with van der Waals surface area (Å²) < 4.78 is 27.7. The summed E-state index contributed by atoms with van der Waals surface area (Å²) in [7, 11) is -3.52. The van der Waals surface area contributed by atoms with Gasteiger partial charge in [0.25, 0.3) is 0 Å². The molecule has 1 saturated carbocycles. The molecule has 0 unspecified atom stereocenters. The first-order valence-electron chi connectivity index (χ1n) is 6.76.